The van der Waals surface area contributed by atoms with Gasteiger partial charge in [-0.1, -0.05) is 15.9 Å². The number of nitrogens with one attached hydrogen (secondary N) is 1. The summed E-state index contributed by atoms with van der Waals surface area (Å²) in [5, 5.41) is 0.969. The number of nitrogens with zero attached hydrogens (tertiary/aromatic N) is 2. The van der Waals surface area contributed by atoms with Crippen LogP contribution in [0.4, 0.5) is 0 Å². The fourth-order valence-corrected chi connectivity index (χ4v) is 2.18. The Morgan fingerprint density at radius 3 is 2.94 bits per heavy atom. The molecule has 0 amide bonds. The molecule has 3 aromatic rings. The van der Waals surface area contributed by atoms with Crippen LogP contribution in [-0.4, -0.2) is 14.5 Å². The van der Waals surface area contributed by atoms with Crippen molar-refractivity contribution >= 4 is 26.8 Å². The van der Waals surface area contributed by atoms with Gasteiger partial charge in [-0.25, -0.2) is 4.98 Å². The normalized spacial score (nSPS) is 10.9. The molecule has 84 valence electrons. The van der Waals surface area contributed by atoms with Gasteiger partial charge in [0.15, 0.2) is 0 Å². The van der Waals surface area contributed by atoms with E-state index in [9.17, 15) is 4.79 Å². The minimum absolute atomic E-state index is 0.122. The molecule has 0 atom stereocenters. The summed E-state index contributed by atoms with van der Waals surface area (Å²) in [5.41, 5.74) is 1.51. The third kappa shape index (κ3) is 1.78. The zero-order valence-corrected chi connectivity index (χ0v) is 10.3. The first-order chi connectivity index (χ1) is 8.24. The first kappa shape index (κ1) is 10.3. The molecule has 0 aliphatic rings. The third-order valence-corrected chi connectivity index (χ3v) is 3.06. The summed E-state index contributed by atoms with van der Waals surface area (Å²) in [6, 6.07) is 7.31. The van der Waals surface area contributed by atoms with Crippen LogP contribution in [0.3, 0.4) is 0 Å². The maximum absolute atomic E-state index is 11.6. The Bertz CT molecular complexity index is 731. The molecule has 5 heteroatoms. The van der Waals surface area contributed by atoms with Crippen LogP contribution in [0.15, 0.2) is 52.3 Å². The predicted octanol–water partition coefficient (Wildman–Crippen LogP) is 2.48. The van der Waals surface area contributed by atoms with Gasteiger partial charge in [0.25, 0.3) is 5.56 Å². The van der Waals surface area contributed by atoms with Gasteiger partial charge in [0.1, 0.15) is 0 Å². The maximum Gasteiger partial charge on any atom is 0.250 e. The topological polar surface area (TPSA) is 50.7 Å². The molecule has 0 unspecified atom stereocenters. The zero-order chi connectivity index (χ0) is 11.8. The van der Waals surface area contributed by atoms with Gasteiger partial charge in [-0.05, 0) is 18.2 Å². The zero-order valence-electron chi connectivity index (χ0n) is 8.72. The van der Waals surface area contributed by atoms with Crippen molar-refractivity contribution in [2.24, 2.45) is 0 Å². The van der Waals surface area contributed by atoms with Crippen molar-refractivity contribution in [3.05, 3.63) is 57.8 Å². The lowest BCUT2D eigenvalue weighted by Gasteiger charge is -2.07. The van der Waals surface area contributed by atoms with E-state index in [4.69, 9.17) is 0 Å². The molecule has 1 aromatic carbocycles. The smallest absolute Gasteiger partial charge is 0.250 e. The van der Waals surface area contributed by atoms with E-state index < -0.39 is 0 Å². The maximum atomic E-state index is 11.6. The van der Waals surface area contributed by atoms with E-state index in [2.05, 4.69) is 25.9 Å². The predicted molar refractivity (Wildman–Crippen MR) is 69.4 cm³/mol. The fourth-order valence-electron chi connectivity index (χ4n) is 1.82. The molecular weight excluding hydrogens is 282 g/mol. The van der Waals surface area contributed by atoms with E-state index in [0.717, 1.165) is 21.1 Å². The summed E-state index contributed by atoms with van der Waals surface area (Å²) < 4.78 is 2.79. The number of rotatable bonds is 1. The summed E-state index contributed by atoms with van der Waals surface area (Å²) >= 11 is 3.43. The highest BCUT2D eigenvalue weighted by Crippen LogP contribution is 2.22. The SMILES string of the molecule is O=c1cc(-n2ccnc2)c2cc(Br)ccc2[nH]1. The number of aromatic amines is 1. The molecule has 0 fully saturated rings. The van der Waals surface area contributed by atoms with Crippen molar-refractivity contribution in [1.82, 2.24) is 14.5 Å². The van der Waals surface area contributed by atoms with Gasteiger partial charge in [0, 0.05) is 28.3 Å². The molecule has 0 saturated heterocycles. The summed E-state index contributed by atoms with van der Waals surface area (Å²) in [4.78, 5) is 18.4. The van der Waals surface area contributed by atoms with Gasteiger partial charge in [-0.15, -0.1) is 0 Å². The number of halogens is 1. The highest BCUT2D eigenvalue weighted by atomic mass is 79.9. The average molecular weight is 290 g/mol. The summed E-state index contributed by atoms with van der Waals surface area (Å²) in [6.07, 6.45) is 5.18. The van der Waals surface area contributed by atoms with E-state index in [1.807, 2.05) is 29.0 Å². The van der Waals surface area contributed by atoms with E-state index in [1.165, 1.54) is 0 Å². The monoisotopic (exact) mass is 289 g/mol. The van der Waals surface area contributed by atoms with E-state index in [1.54, 1.807) is 18.6 Å². The first-order valence-electron chi connectivity index (χ1n) is 5.05. The Balaban J connectivity index is 2.44. The lowest BCUT2D eigenvalue weighted by Crippen LogP contribution is -2.07. The second-order valence-electron chi connectivity index (χ2n) is 3.68. The van der Waals surface area contributed by atoms with Crippen LogP contribution in [0, 0.1) is 0 Å². The summed E-state index contributed by atoms with van der Waals surface area (Å²) in [6.45, 7) is 0. The number of H-pyrrole nitrogens is 1. The van der Waals surface area contributed by atoms with Gasteiger partial charge in [-0.2, -0.15) is 0 Å². The number of hydrogen-bond acceptors (Lipinski definition) is 2. The fraction of sp³-hybridized carbons (Fsp3) is 0. The largest absolute Gasteiger partial charge is 0.322 e. The third-order valence-electron chi connectivity index (χ3n) is 2.57. The van der Waals surface area contributed by atoms with Crippen molar-refractivity contribution < 1.29 is 0 Å². The van der Waals surface area contributed by atoms with Crippen LogP contribution in [0.25, 0.3) is 16.6 Å². The number of fused-ring (bicyclic) bond motifs is 1. The lowest BCUT2D eigenvalue weighted by atomic mass is 10.2. The second kappa shape index (κ2) is 3.85. The van der Waals surface area contributed by atoms with Crippen molar-refractivity contribution in [2.45, 2.75) is 0 Å². The Morgan fingerprint density at radius 2 is 2.18 bits per heavy atom. The standard InChI is InChI=1S/C12H8BrN3O/c13-8-1-2-10-9(5-8)11(6-12(17)15-10)16-4-3-14-7-16/h1-7H,(H,15,17). The average Bonchev–Trinajstić information content (AvgIpc) is 2.82. The highest BCUT2D eigenvalue weighted by molar-refractivity contribution is 9.10. The van der Waals surface area contributed by atoms with Gasteiger partial charge in [0.2, 0.25) is 0 Å². The molecular formula is C12H8BrN3O. The number of pyridine rings is 1. The molecule has 0 bridgehead atoms. The molecule has 0 aliphatic heterocycles. The van der Waals surface area contributed by atoms with Gasteiger partial charge < -0.3 is 9.55 Å². The van der Waals surface area contributed by atoms with E-state index in [0.29, 0.717) is 0 Å². The van der Waals surface area contributed by atoms with Crippen LogP contribution >= 0.6 is 15.9 Å². The number of benzene rings is 1. The molecule has 2 aromatic heterocycles. The Morgan fingerprint density at radius 1 is 1.29 bits per heavy atom. The Kier molecular flexibility index (Phi) is 2.33. The van der Waals surface area contributed by atoms with Crippen molar-refractivity contribution in [3.8, 4) is 5.69 Å². The van der Waals surface area contributed by atoms with E-state index in [-0.39, 0.29) is 5.56 Å². The van der Waals surface area contributed by atoms with Gasteiger partial charge >= 0.3 is 0 Å². The second-order valence-corrected chi connectivity index (χ2v) is 4.59. The quantitative estimate of drug-likeness (QED) is 0.748. The number of aromatic nitrogens is 3. The van der Waals surface area contributed by atoms with Crippen LogP contribution in [0.1, 0.15) is 0 Å². The van der Waals surface area contributed by atoms with Crippen LogP contribution < -0.4 is 5.56 Å². The van der Waals surface area contributed by atoms with Crippen molar-refractivity contribution in [2.75, 3.05) is 0 Å². The Labute approximate surface area is 105 Å². The molecule has 0 spiro atoms. The van der Waals surface area contributed by atoms with Crippen molar-refractivity contribution in [1.29, 1.82) is 0 Å². The highest BCUT2D eigenvalue weighted by Gasteiger charge is 2.05. The van der Waals surface area contributed by atoms with Crippen molar-refractivity contribution in [3.63, 3.8) is 0 Å². The first-order valence-corrected chi connectivity index (χ1v) is 5.84. The molecule has 0 aliphatic carbocycles. The Hall–Kier alpha value is -1.88. The van der Waals surface area contributed by atoms with Gasteiger partial charge in [0.05, 0.1) is 17.5 Å². The summed E-state index contributed by atoms with van der Waals surface area (Å²) in [7, 11) is 0. The molecule has 0 radical (unpaired) electrons. The molecule has 2 heterocycles. The molecule has 3 rings (SSSR count). The van der Waals surface area contributed by atoms with Gasteiger partial charge in [-0.3, -0.25) is 4.79 Å². The molecule has 4 nitrogen and oxygen atoms in total. The molecule has 1 N–H and O–H groups in total. The minimum atomic E-state index is -0.122. The van der Waals surface area contributed by atoms with Crippen LogP contribution in [0.5, 0.6) is 0 Å². The number of imidazole rings is 1. The molecule has 17 heavy (non-hydrogen) atoms. The molecule has 0 saturated carbocycles. The number of hydrogen-bond donors (Lipinski definition) is 1. The van der Waals surface area contributed by atoms with Crippen LogP contribution in [0.2, 0.25) is 0 Å². The summed E-state index contributed by atoms with van der Waals surface area (Å²) in [5.74, 6) is 0. The van der Waals surface area contributed by atoms with E-state index >= 15 is 0 Å². The lowest BCUT2D eigenvalue weighted by molar-refractivity contribution is 1.06. The van der Waals surface area contributed by atoms with Crippen LogP contribution in [-0.2, 0) is 0 Å². The minimum Gasteiger partial charge on any atom is -0.322 e.